The third-order valence-corrected chi connectivity index (χ3v) is 4.44. The Morgan fingerprint density at radius 2 is 1.89 bits per heavy atom. The molecule has 0 heterocycles. The first kappa shape index (κ1) is 15.4. The van der Waals surface area contributed by atoms with Crippen LogP contribution < -0.4 is 0 Å². The van der Waals surface area contributed by atoms with Crippen LogP contribution in [0.4, 0.5) is 0 Å². The molecular weight excluding hydrogens is 240 g/mol. The molecule has 0 saturated heterocycles. The minimum atomic E-state index is 0.275. The third kappa shape index (κ3) is 5.34. The first-order chi connectivity index (χ1) is 8.44. The van der Waals surface area contributed by atoms with Gasteiger partial charge >= 0.3 is 0 Å². The maximum absolute atomic E-state index is 9.53. The number of aryl methyl sites for hydroxylation is 1. The molecule has 1 N–H and O–H groups in total. The van der Waals surface area contributed by atoms with Crippen molar-refractivity contribution in [3.63, 3.8) is 0 Å². The van der Waals surface area contributed by atoms with Crippen molar-refractivity contribution in [2.75, 3.05) is 0 Å². The molecule has 18 heavy (non-hydrogen) atoms. The lowest BCUT2D eigenvalue weighted by Gasteiger charge is -2.24. The lowest BCUT2D eigenvalue weighted by atomic mass is 10.0. The average Bonchev–Trinajstić information content (AvgIpc) is 2.29. The lowest BCUT2D eigenvalue weighted by molar-refractivity contribution is 0.470. The van der Waals surface area contributed by atoms with Gasteiger partial charge in [0.05, 0.1) is 0 Å². The number of hydrogen-bond donors (Lipinski definition) is 1. The molecule has 0 aliphatic heterocycles. The fourth-order valence-electron chi connectivity index (χ4n) is 2.04. The predicted molar refractivity (Wildman–Crippen MR) is 81.5 cm³/mol. The molecule has 0 amide bonds. The number of benzene rings is 1. The summed E-state index contributed by atoms with van der Waals surface area (Å²) in [4.78, 5) is 1.26. The van der Waals surface area contributed by atoms with Gasteiger partial charge in [-0.3, -0.25) is 0 Å². The highest BCUT2D eigenvalue weighted by Gasteiger charge is 2.19. The zero-order chi connectivity index (χ0) is 13.6. The fourth-order valence-corrected chi connectivity index (χ4v) is 3.30. The summed E-state index contributed by atoms with van der Waals surface area (Å²) in [6.45, 7) is 8.82. The first-order valence-corrected chi connectivity index (χ1v) is 7.75. The van der Waals surface area contributed by atoms with Gasteiger partial charge in [0.2, 0.25) is 0 Å². The number of rotatable bonds is 7. The van der Waals surface area contributed by atoms with Crippen molar-refractivity contribution >= 4 is 11.8 Å². The van der Waals surface area contributed by atoms with Crippen LogP contribution in [0.2, 0.25) is 0 Å². The average molecular weight is 266 g/mol. The molecule has 1 nitrogen and oxygen atoms in total. The zero-order valence-electron chi connectivity index (χ0n) is 12.1. The number of phenolic OH excluding ortho intramolecular Hbond substituents is 1. The number of aromatic hydroxyl groups is 1. The van der Waals surface area contributed by atoms with Gasteiger partial charge in [0.15, 0.2) is 0 Å². The van der Waals surface area contributed by atoms with Crippen LogP contribution in [0.1, 0.15) is 58.4 Å². The van der Waals surface area contributed by atoms with E-state index in [0.29, 0.717) is 5.75 Å². The molecule has 0 atom stereocenters. The molecule has 0 bridgehead atoms. The summed E-state index contributed by atoms with van der Waals surface area (Å²) in [5.41, 5.74) is 0.960. The zero-order valence-corrected chi connectivity index (χ0v) is 12.9. The summed E-state index contributed by atoms with van der Waals surface area (Å²) in [6.07, 6.45) is 6.54. The topological polar surface area (TPSA) is 20.2 Å². The summed E-state index contributed by atoms with van der Waals surface area (Å²) in [7, 11) is 0. The smallest absolute Gasteiger partial charge is 0.118 e. The van der Waals surface area contributed by atoms with Gasteiger partial charge in [-0.1, -0.05) is 46.5 Å². The molecule has 1 aromatic carbocycles. The van der Waals surface area contributed by atoms with Crippen molar-refractivity contribution in [1.29, 1.82) is 0 Å². The Hall–Kier alpha value is -0.630. The second-order valence-corrected chi connectivity index (χ2v) is 7.40. The van der Waals surface area contributed by atoms with Gasteiger partial charge in [-0.15, -0.1) is 11.8 Å². The quantitative estimate of drug-likeness (QED) is 0.516. The third-order valence-electron chi connectivity index (χ3n) is 3.19. The monoisotopic (exact) mass is 266 g/mol. The van der Waals surface area contributed by atoms with Crippen molar-refractivity contribution in [3.05, 3.63) is 23.8 Å². The van der Waals surface area contributed by atoms with Crippen LogP contribution in [0, 0.1) is 6.92 Å². The Labute approximate surface area is 116 Å². The van der Waals surface area contributed by atoms with Crippen LogP contribution >= 0.6 is 11.8 Å². The largest absolute Gasteiger partial charge is 0.508 e. The standard InChI is InChI=1S/C16H26OS/c1-5-6-7-8-11-16(3,4)18-14-9-10-15(17)13(2)12-14/h9-10,12,17H,5-8,11H2,1-4H3. The second-order valence-electron chi connectivity index (χ2n) is 5.62. The van der Waals surface area contributed by atoms with Crippen molar-refractivity contribution < 1.29 is 5.11 Å². The molecule has 0 aliphatic rings. The van der Waals surface area contributed by atoms with E-state index in [0.717, 1.165) is 5.56 Å². The first-order valence-electron chi connectivity index (χ1n) is 6.93. The summed E-state index contributed by atoms with van der Waals surface area (Å²) in [6, 6.07) is 5.89. The Morgan fingerprint density at radius 1 is 1.17 bits per heavy atom. The van der Waals surface area contributed by atoms with E-state index in [1.54, 1.807) is 6.07 Å². The van der Waals surface area contributed by atoms with Crippen LogP contribution in [0.15, 0.2) is 23.1 Å². The highest BCUT2D eigenvalue weighted by atomic mass is 32.2. The Morgan fingerprint density at radius 3 is 2.50 bits per heavy atom. The molecule has 1 aromatic rings. The van der Waals surface area contributed by atoms with Gasteiger partial charge in [0.1, 0.15) is 5.75 Å². The van der Waals surface area contributed by atoms with Gasteiger partial charge in [0.25, 0.3) is 0 Å². The van der Waals surface area contributed by atoms with Crippen LogP contribution in [0.25, 0.3) is 0 Å². The van der Waals surface area contributed by atoms with Crippen molar-refractivity contribution in [1.82, 2.24) is 0 Å². The normalized spacial score (nSPS) is 11.8. The molecule has 102 valence electrons. The molecular formula is C16H26OS. The molecule has 0 radical (unpaired) electrons. The summed E-state index contributed by atoms with van der Waals surface area (Å²) in [5.74, 6) is 0.389. The van der Waals surface area contributed by atoms with Gasteiger partial charge in [0, 0.05) is 9.64 Å². The van der Waals surface area contributed by atoms with Gasteiger partial charge in [-0.2, -0.15) is 0 Å². The maximum atomic E-state index is 9.53. The number of hydrogen-bond acceptors (Lipinski definition) is 2. The molecule has 2 heteroatoms. The lowest BCUT2D eigenvalue weighted by Crippen LogP contribution is -2.14. The highest BCUT2D eigenvalue weighted by Crippen LogP contribution is 2.37. The van der Waals surface area contributed by atoms with Gasteiger partial charge in [-0.25, -0.2) is 0 Å². The van der Waals surface area contributed by atoms with E-state index in [-0.39, 0.29) is 4.75 Å². The van der Waals surface area contributed by atoms with Crippen LogP contribution in [-0.4, -0.2) is 9.85 Å². The molecule has 0 saturated carbocycles. The Balaban J connectivity index is 2.50. The van der Waals surface area contributed by atoms with E-state index in [1.165, 1.54) is 37.0 Å². The number of unbranched alkanes of at least 4 members (excludes halogenated alkanes) is 3. The minimum Gasteiger partial charge on any atom is -0.508 e. The van der Waals surface area contributed by atoms with E-state index in [1.807, 2.05) is 24.8 Å². The van der Waals surface area contributed by atoms with Gasteiger partial charge < -0.3 is 5.11 Å². The Bertz CT molecular complexity index is 371. The molecule has 0 unspecified atom stereocenters. The fraction of sp³-hybridized carbons (Fsp3) is 0.625. The van der Waals surface area contributed by atoms with E-state index >= 15 is 0 Å². The van der Waals surface area contributed by atoms with Crippen molar-refractivity contribution in [2.45, 2.75) is 69.4 Å². The van der Waals surface area contributed by atoms with E-state index < -0.39 is 0 Å². The van der Waals surface area contributed by atoms with E-state index in [4.69, 9.17) is 0 Å². The summed E-state index contributed by atoms with van der Waals surface area (Å²) >= 11 is 1.92. The highest BCUT2D eigenvalue weighted by molar-refractivity contribution is 8.00. The molecule has 0 spiro atoms. The molecule has 0 fully saturated rings. The Kier molecular flexibility index (Phi) is 6.07. The molecule has 1 rings (SSSR count). The van der Waals surface area contributed by atoms with Crippen molar-refractivity contribution in [2.24, 2.45) is 0 Å². The SMILES string of the molecule is CCCCCCC(C)(C)Sc1ccc(O)c(C)c1. The maximum Gasteiger partial charge on any atom is 0.118 e. The van der Waals surface area contributed by atoms with Gasteiger partial charge in [-0.05, 0) is 37.1 Å². The predicted octanol–water partition coefficient (Wildman–Crippen LogP) is 5.54. The van der Waals surface area contributed by atoms with Crippen LogP contribution in [0.3, 0.4) is 0 Å². The number of phenols is 1. The second kappa shape index (κ2) is 7.08. The number of thioether (sulfide) groups is 1. The van der Waals surface area contributed by atoms with Crippen molar-refractivity contribution in [3.8, 4) is 5.75 Å². The van der Waals surface area contributed by atoms with Crippen LogP contribution in [0.5, 0.6) is 5.75 Å². The molecule has 0 aliphatic carbocycles. The summed E-state index contributed by atoms with van der Waals surface area (Å²) in [5, 5.41) is 9.53. The van der Waals surface area contributed by atoms with E-state index in [2.05, 4.69) is 26.8 Å². The van der Waals surface area contributed by atoms with E-state index in [9.17, 15) is 5.11 Å². The summed E-state index contributed by atoms with van der Waals surface area (Å²) < 4.78 is 0.275. The van der Waals surface area contributed by atoms with Crippen LogP contribution in [-0.2, 0) is 0 Å². The molecule has 0 aromatic heterocycles. The minimum absolute atomic E-state index is 0.275.